The maximum Gasteiger partial charge on any atom is 0.138 e. The average Bonchev–Trinajstić information content (AvgIpc) is 2.72. The van der Waals surface area contributed by atoms with Crippen LogP contribution in [0.15, 0.2) is 11.6 Å². The van der Waals surface area contributed by atoms with Crippen LogP contribution in [0, 0.1) is 34.0 Å². The van der Waals surface area contributed by atoms with Crippen LogP contribution in [0.1, 0.15) is 58.8 Å². The number of aliphatic hydroxyl groups is 1. The Morgan fingerprint density at radius 3 is 2.68 bits per heavy atom. The number of nitrogens with one attached hydrogen (secondary N) is 1. The Kier molecular flexibility index (Phi) is 3.15. The first-order chi connectivity index (χ1) is 10.4. The lowest BCUT2D eigenvalue weighted by Gasteiger charge is -2.57. The molecule has 0 bridgehead atoms. The molecule has 7 atom stereocenters. The van der Waals surface area contributed by atoms with Gasteiger partial charge in [0.2, 0.25) is 0 Å². The largest absolute Gasteiger partial charge is 0.393 e. The van der Waals surface area contributed by atoms with E-state index in [9.17, 15) is 9.50 Å². The van der Waals surface area contributed by atoms with E-state index in [4.69, 9.17) is 5.41 Å². The van der Waals surface area contributed by atoms with Crippen molar-refractivity contribution in [3.05, 3.63) is 11.6 Å². The van der Waals surface area contributed by atoms with Crippen molar-refractivity contribution in [2.45, 2.75) is 71.1 Å². The standard InChI is InChI=1S/C19H28FNO/c1-18-7-5-12(22)9-11(18)3-4-13-14(18)6-8-19(2)15(13)10-16(20)17(19)21/h3,12-16,21-22H,4-10H2,1-2H3/t12?,13-,14-,15+,16?,18+,19+/m1/s1. The Bertz CT molecular complexity index is 544. The van der Waals surface area contributed by atoms with E-state index >= 15 is 0 Å². The SMILES string of the molecule is C[C@]12CCC(O)CC1=CC[C@@H]1[C@H]2CC[C@]2(C)C(=N)C(F)C[C@@H]12. The van der Waals surface area contributed by atoms with Crippen LogP contribution in [-0.4, -0.2) is 23.1 Å². The minimum atomic E-state index is -1.01. The summed E-state index contributed by atoms with van der Waals surface area (Å²) in [5.74, 6) is 1.50. The maximum atomic E-state index is 14.2. The predicted molar refractivity (Wildman–Crippen MR) is 85.7 cm³/mol. The molecule has 4 aliphatic carbocycles. The Labute approximate surface area is 132 Å². The average molecular weight is 305 g/mol. The molecule has 0 aromatic carbocycles. The number of hydrogen-bond donors (Lipinski definition) is 2. The second-order valence-corrected chi connectivity index (χ2v) is 8.73. The van der Waals surface area contributed by atoms with Crippen molar-refractivity contribution in [2.75, 3.05) is 0 Å². The van der Waals surface area contributed by atoms with Gasteiger partial charge in [0.25, 0.3) is 0 Å². The topological polar surface area (TPSA) is 44.1 Å². The highest BCUT2D eigenvalue weighted by Crippen LogP contribution is 2.64. The third-order valence-electron chi connectivity index (χ3n) is 7.86. The fraction of sp³-hybridized carbons (Fsp3) is 0.842. The number of fused-ring (bicyclic) bond motifs is 5. The highest BCUT2D eigenvalue weighted by atomic mass is 19.1. The van der Waals surface area contributed by atoms with Gasteiger partial charge in [-0.3, -0.25) is 0 Å². The molecule has 0 aromatic rings. The van der Waals surface area contributed by atoms with E-state index in [1.54, 1.807) is 0 Å². The van der Waals surface area contributed by atoms with Gasteiger partial charge in [-0.1, -0.05) is 25.5 Å². The molecule has 0 heterocycles. The number of rotatable bonds is 0. The first kappa shape index (κ1) is 14.9. The van der Waals surface area contributed by atoms with Crippen molar-refractivity contribution < 1.29 is 9.50 Å². The molecule has 4 rings (SSSR count). The minimum absolute atomic E-state index is 0.167. The summed E-state index contributed by atoms with van der Waals surface area (Å²) in [5.41, 5.74) is 1.84. The number of halogens is 1. The second-order valence-electron chi connectivity index (χ2n) is 8.73. The van der Waals surface area contributed by atoms with Crippen molar-refractivity contribution in [1.82, 2.24) is 0 Å². The van der Waals surface area contributed by atoms with Crippen molar-refractivity contribution in [1.29, 1.82) is 5.41 Å². The van der Waals surface area contributed by atoms with Gasteiger partial charge in [-0.25, -0.2) is 4.39 Å². The molecule has 3 saturated carbocycles. The Morgan fingerprint density at radius 1 is 1.18 bits per heavy atom. The van der Waals surface area contributed by atoms with E-state index in [0.29, 0.717) is 29.9 Å². The minimum Gasteiger partial charge on any atom is -0.393 e. The Hall–Kier alpha value is -0.700. The van der Waals surface area contributed by atoms with Gasteiger partial charge in [0.15, 0.2) is 0 Å². The molecule has 2 nitrogen and oxygen atoms in total. The van der Waals surface area contributed by atoms with Crippen molar-refractivity contribution in [3.8, 4) is 0 Å². The summed E-state index contributed by atoms with van der Waals surface area (Å²) in [4.78, 5) is 0. The lowest BCUT2D eigenvalue weighted by atomic mass is 9.48. The van der Waals surface area contributed by atoms with Crippen LogP contribution in [0.25, 0.3) is 0 Å². The summed E-state index contributed by atoms with van der Waals surface area (Å²) in [5, 5.41) is 18.2. The molecule has 2 unspecified atom stereocenters. The first-order valence-electron chi connectivity index (χ1n) is 8.97. The molecule has 0 aromatic heterocycles. The molecule has 0 aliphatic heterocycles. The number of allylic oxidation sites excluding steroid dienone is 1. The van der Waals surface area contributed by atoms with Gasteiger partial charge in [0.1, 0.15) is 6.17 Å². The maximum absolute atomic E-state index is 14.2. The molecule has 3 heteroatoms. The van der Waals surface area contributed by atoms with Crippen LogP contribution in [0.2, 0.25) is 0 Å². The zero-order valence-corrected chi connectivity index (χ0v) is 13.7. The normalized spacial score (nSPS) is 54.3. The smallest absolute Gasteiger partial charge is 0.138 e. The first-order valence-corrected chi connectivity index (χ1v) is 8.97. The Balaban J connectivity index is 1.70. The molecule has 0 spiro atoms. The fourth-order valence-electron chi connectivity index (χ4n) is 6.43. The highest BCUT2D eigenvalue weighted by molar-refractivity contribution is 5.93. The monoisotopic (exact) mass is 305 g/mol. The zero-order chi connectivity index (χ0) is 15.7. The molecular weight excluding hydrogens is 277 g/mol. The number of aliphatic hydroxyl groups excluding tert-OH is 1. The van der Waals surface area contributed by atoms with Crippen LogP contribution in [0.4, 0.5) is 4.39 Å². The van der Waals surface area contributed by atoms with E-state index < -0.39 is 6.17 Å². The van der Waals surface area contributed by atoms with Gasteiger partial charge >= 0.3 is 0 Å². The van der Waals surface area contributed by atoms with E-state index in [-0.39, 0.29) is 16.9 Å². The van der Waals surface area contributed by atoms with Gasteiger partial charge < -0.3 is 10.5 Å². The summed E-state index contributed by atoms with van der Waals surface area (Å²) in [7, 11) is 0. The molecule has 122 valence electrons. The van der Waals surface area contributed by atoms with Gasteiger partial charge in [-0.2, -0.15) is 0 Å². The van der Waals surface area contributed by atoms with Gasteiger partial charge in [0, 0.05) is 11.1 Å². The van der Waals surface area contributed by atoms with Crippen molar-refractivity contribution >= 4 is 5.71 Å². The van der Waals surface area contributed by atoms with Crippen LogP contribution >= 0.6 is 0 Å². The molecule has 0 radical (unpaired) electrons. The van der Waals surface area contributed by atoms with E-state index in [0.717, 1.165) is 38.5 Å². The van der Waals surface area contributed by atoms with Gasteiger partial charge in [-0.15, -0.1) is 0 Å². The quantitative estimate of drug-likeness (QED) is 0.645. The van der Waals surface area contributed by atoms with Crippen LogP contribution in [-0.2, 0) is 0 Å². The van der Waals surface area contributed by atoms with Gasteiger partial charge in [-0.05, 0) is 68.1 Å². The second kappa shape index (κ2) is 4.66. The molecular formula is C19H28FNO. The van der Waals surface area contributed by atoms with E-state index in [2.05, 4.69) is 19.9 Å². The number of alkyl halides is 1. The third kappa shape index (κ3) is 1.78. The van der Waals surface area contributed by atoms with E-state index in [1.807, 2.05) is 0 Å². The summed E-state index contributed by atoms with van der Waals surface area (Å²) < 4.78 is 14.2. The lowest BCUT2D eigenvalue weighted by molar-refractivity contribution is -0.0222. The van der Waals surface area contributed by atoms with Gasteiger partial charge in [0.05, 0.1) is 6.10 Å². The molecule has 2 N–H and O–H groups in total. The fourth-order valence-corrected chi connectivity index (χ4v) is 6.43. The van der Waals surface area contributed by atoms with Crippen molar-refractivity contribution in [2.24, 2.45) is 28.6 Å². The summed E-state index contributed by atoms with van der Waals surface area (Å²) in [6.07, 6.45) is 7.69. The molecule has 0 amide bonds. The lowest BCUT2D eigenvalue weighted by Crippen LogP contribution is -2.50. The zero-order valence-electron chi connectivity index (χ0n) is 13.7. The molecule has 3 fully saturated rings. The summed E-state index contributed by atoms with van der Waals surface area (Å²) >= 11 is 0. The van der Waals surface area contributed by atoms with Crippen LogP contribution < -0.4 is 0 Å². The Morgan fingerprint density at radius 2 is 1.91 bits per heavy atom. The van der Waals surface area contributed by atoms with Crippen molar-refractivity contribution in [3.63, 3.8) is 0 Å². The molecule has 0 saturated heterocycles. The predicted octanol–water partition coefficient (Wildman–Crippen LogP) is 4.28. The third-order valence-corrected chi connectivity index (χ3v) is 7.86. The summed E-state index contributed by atoms with van der Waals surface area (Å²) in [6, 6.07) is 0. The molecule has 4 aliphatic rings. The highest BCUT2D eigenvalue weighted by Gasteiger charge is 2.59. The van der Waals surface area contributed by atoms with Crippen LogP contribution in [0.3, 0.4) is 0 Å². The number of hydrogen-bond acceptors (Lipinski definition) is 2. The summed E-state index contributed by atoms with van der Waals surface area (Å²) in [6.45, 7) is 4.53. The van der Waals surface area contributed by atoms with E-state index in [1.165, 1.54) is 5.57 Å². The molecule has 22 heavy (non-hydrogen) atoms. The van der Waals surface area contributed by atoms with Crippen LogP contribution in [0.5, 0.6) is 0 Å².